The van der Waals surface area contributed by atoms with Gasteiger partial charge in [-0.3, -0.25) is 0 Å². The molecule has 0 bridgehead atoms. The summed E-state index contributed by atoms with van der Waals surface area (Å²) in [5.41, 5.74) is 0. The van der Waals surface area contributed by atoms with Crippen molar-refractivity contribution >= 4 is 36.0 Å². The average Bonchev–Trinajstić information content (AvgIpc) is 2.61. The smallest absolute Gasteiger partial charge is 0.242 e. The Morgan fingerprint density at radius 1 is 1.12 bits per heavy atom. The molecule has 1 saturated heterocycles. The number of halogens is 1. The molecule has 26 heavy (non-hydrogen) atoms. The van der Waals surface area contributed by atoms with Crippen LogP contribution in [0.5, 0.6) is 11.5 Å². The molecule has 0 radical (unpaired) electrons. The first-order chi connectivity index (χ1) is 12.1. The van der Waals surface area contributed by atoms with E-state index >= 15 is 0 Å². The van der Waals surface area contributed by atoms with E-state index in [9.17, 15) is 16.8 Å². The van der Waals surface area contributed by atoms with Gasteiger partial charge in [-0.1, -0.05) is 0 Å². The van der Waals surface area contributed by atoms with E-state index < -0.39 is 20.0 Å². The summed E-state index contributed by atoms with van der Waals surface area (Å²) in [5.74, 6) is 0.762. The summed E-state index contributed by atoms with van der Waals surface area (Å²) < 4.78 is 64.0. The van der Waals surface area contributed by atoms with Crippen molar-refractivity contribution in [3.05, 3.63) is 16.6 Å². The van der Waals surface area contributed by atoms with Crippen LogP contribution in [-0.2, 0) is 20.0 Å². The second kappa shape index (κ2) is 8.42. The summed E-state index contributed by atoms with van der Waals surface area (Å²) in [7, 11) is -4.16. The molecule has 0 aliphatic carbocycles. The maximum Gasteiger partial charge on any atom is 0.242 e. The van der Waals surface area contributed by atoms with Gasteiger partial charge in [-0.25, -0.2) is 25.9 Å². The Hall–Kier alpha value is -0.880. The summed E-state index contributed by atoms with van der Waals surface area (Å²) in [6.07, 6.45) is 0.840. The van der Waals surface area contributed by atoms with E-state index in [1.54, 1.807) is 6.92 Å². The summed E-state index contributed by atoms with van der Waals surface area (Å²) in [4.78, 5) is 0.0405. The number of nitrogens with zero attached hydrogens (tertiary/aromatic N) is 1. The Morgan fingerprint density at radius 3 is 2.15 bits per heavy atom. The van der Waals surface area contributed by atoms with Gasteiger partial charge in [-0.15, -0.1) is 0 Å². The SMILES string of the molecule is CCS(=O)(=O)N1CCC(NS(=O)(=O)c2cc(OC)c(OC)cc2Br)CC1. The number of hydrogen-bond acceptors (Lipinski definition) is 6. The highest BCUT2D eigenvalue weighted by molar-refractivity contribution is 9.10. The number of ether oxygens (including phenoxy) is 2. The van der Waals surface area contributed by atoms with Crippen molar-refractivity contribution in [3.63, 3.8) is 0 Å². The average molecular weight is 471 g/mol. The van der Waals surface area contributed by atoms with Crippen LogP contribution in [0.15, 0.2) is 21.5 Å². The molecule has 1 fully saturated rings. The lowest BCUT2D eigenvalue weighted by molar-refractivity contribution is 0.309. The molecule has 1 N–H and O–H groups in total. The molecule has 148 valence electrons. The van der Waals surface area contributed by atoms with Crippen LogP contribution in [0.3, 0.4) is 0 Å². The van der Waals surface area contributed by atoms with Crippen molar-refractivity contribution in [2.45, 2.75) is 30.7 Å². The van der Waals surface area contributed by atoms with E-state index in [1.807, 2.05) is 0 Å². The maximum absolute atomic E-state index is 12.8. The molecule has 0 atom stereocenters. The first-order valence-corrected chi connectivity index (χ1v) is 11.9. The molecule has 0 amide bonds. The van der Waals surface area contributed by atoms with E-state index in [-0.39, 0.29) is 16.7 Å². The summed E-state index contributed by atoms with van der Waals surface area (Å²) in [6.45, 7) is 2.20. The fraction of sp³-hybridized carbons (Fsp3) is 0.600. The molecular formula is C15H23BrN2O6S2. The molecule has 2 rings (SSSR count). The minimum absolute atomic E-state index is 0.0405. The topological polar surface area (TPSA) is 102 Å². The van der Waals surface area contributed by atoms with E-state index in [1.165, 1.54) is 30.7 Å². The number of piperidine rings is 1. The molecule has 1 aromatic carbocycles. The fourth-order valence-corrected chi connectivity index (χ4v) is 6.23. The van der Waals surface area contributed by atoms with Gasteiger partial charge in [-0.2, -0.15) is 0 Å². The Kier molecular flexibility index (Phi) is 6.94. The molecule has 0 aromatic heterocycles. The third kappa shape index (κ3) is 4.69. The van der Waals surface area contributed by atoms with Crippen molar-refractivity contribution < 1.29 is 26.3 Å². The fourth-order valence-electron chi connectivity index (χ4n) is 2.76. The van der Waals surface area contributed by atoms with Crippen LogP contribution >= 0.6 is 15.9 Å². The standard InChI is InChI=1S/C15H23BrN2O6S2/c1-4-25(19,20)18-7-5-11(6-8-18)17-26(21,22)15-10-14(24-3)13(23-2)9-12(15)16/h9-11,17H,4-8H2,1-3H3. The van der Waals surface area contributed by atoms with Crippen molar-refractivity contribution in [3.8, 4) is 11.5 Å². The van der Waals surface area contributed by atoms with E-state index in [0.717, 1.165) is 0 Å². The molecule has 0 spiro atoms. The highest BCUT2D eigenvalue weighted by atomic mass is 79.9. The Morgan fingerprint density at radius 2 is 1.65 bits per heavy atom. The van der Waals surface area contributed by atoms with Crippen LogP contribution in [0.1, 0.15) is 19.8 Å². The second-order valence-corrected chi connectivity index (χ2v) is 10.6. The Bertz CT molecular complexity index is 849. The van der Waals surface area contributed by atoms with Crippen LogP contribution < -0.4 is 14.2 Å². The van der Waals surface area contributed by atoms with Crippen molar-refractivity contribution in [2.75, 3.05) is 33.1 Å². The lowest BCUT2D eigenvalue weighted by Crippen LogP contribution is -2.46. The predicted molar refractivity (Wildman–Crippen MR) is 102 cm³/mol. The van der Waals surface area contributed by atoms with Crippen LogP contribution in [0.25, 0.3) is 0 Å². The van der Waals surface area contributed by atoms with Gasteiger partial charge >= 0.3 is 0 Å². The zero-order chi connectivity index (χ0) is 19.5. The molecule has 0 saturated carbocycles. The molecule has 1 aliphatic rings. The number of hydrogen-bond donors (Lipinski definition) is 1. The van der Waals surface area contributed by atoms with Crippen LogP contribution in [0.4, 0.5) is 0 Å². The predicted octanol–water partition coefficient (Wildman–Crippen LogP) is 1.56. The van der Waals surface area contributed by atoms with Gasteiger partial charge in [0.05, 0.1) is 20.0 Å². The summed E-state index contributed by atoms with van der Waals surface area (Å²) in [6, 6.07) is 2.59. The first kappa shape index (κ1) is 21.4. The van der Waals surface area contributed by atoms with Gasteiger partial charge < -0.3 is 9.47 Å². The monoisotopic (exact) mass is 470 g/mol. The lowest BCUT2D eigenvalue weighted by atomic mass is 10.1. The summed E-state index contributed by atoms with van der Waals surface area (Å²) in [5, 5.41) is 0. The molecule has 11 heteroatoms. The van der Waals surface area contributed by atoms with E-state index in [4.69, 9.17) is 9.47 Å². The zero-order valence-electron chi connectivity index (χ0n) is 14.9. The minimum atomic E-state index is -3.81. The van der Waals surface area contributed by atoms with Crippen molar-refractivity contribution in [1.29, 1.82) is 0 Å². The van der Waals surface area contributed by atoms with Crippen LogP contribution in [0, 0.1) is 0 Å². The third-order valence-electron chi connectivity index (χ3n) is 4.26. The highest BCUT2D eigenvalue weighted by Crippen LogP contribution is 2.35. The van der Waals surface area contributed by atoms with Crippen LogP contribution in [-0.4, -0.2) is 60.2 Å². The molecule has 1 aromatic rings. The zero-order valence-corrected chi connectivity index (χ0v) is 18.1. The minimum Gasteiger partial charge on any atom is -0.493 e. The van der Waals surface area contributed by atoms with Gasteiger partial charge in [0.1, 0.15) is 4.90 Å². The Balaban J connectivity index is 2.15. The number of sulfonamides is 2. The second-order valence-electron chi connectivity index (χ2n) is 5.83. The summed E-state index contributed by atoms with van der Waals surface area (Å²) >= 11 is 3.25. The van der Waals surface area contributed by atoms with Crippen molar-refractivity contribution in [2.24, 2.45) is 0 Å². The Labute approximate surface area is 163 Å². The molecule has 1 heterocycles. The molecule has 0 unspecified atom stereocenters. The van der Waals surface area contributed by atoms with Gasteiger partial charge in [0, 0.05) is 29.7 Å². The van der Waals surface area contributed by atoms with Gasteiger partial charge in [0.2, 0.25) is 20.0 Å². The van der Waals surface area contributed by atoms with Gasteiger partial charge in [-0.05, 0) is 41.8 Å². The van der Waals surface area contributed by atoms with Gasteiger partial charge in [0.15, 0.2) is 11.5 Å². The van der Waals surface area contributed by atoms with Gasteiger partial charge in [0.25, 0.3) is 0 Å². The normalized spacial score (nSPS) is 17.2. The number of nitrogens with one attached hydrogen (secondary N) is 1. The number of benzene rings is 1. The maximum atomic E-state index is 12.8. The third-order valence-corrected chi connectivity index (χ3v) is 8.62. The molecule has 8 nitrogen and oxygen atoms in total. The van der Waals surface area contributed by atoms with E-state index in [0.29, 0.717) is 41.9 Å². The first-order valence-electron chi connectivity index (χ1n) is 8.06. The largest absolute Gasteiger partial charge is 0.493 e. The van der Waals surface area contributed by atoms with E-state index in [2.05, 4.69) is 20.7 Å². The highest BCUT2D eigenvalue weighted by Gasteiger charge is 2.30. The molecular weight excluding hydrogens is 448 g/mol. The quantitative estimate of drug-likeness (QED) is 0.648. The molecule has 1 aliphatic heterocycles. The lowest BCUT2D eigenvalue weighted by Gasteiger charge is -2.31. The number of methoxy groups -OCH3 is 2. The van der Waals surface area contributed by atoms with Crippen LogP contribution in [0.2, 0.25) is 0 Å². The number of rotatable bonds is 7. The van der Waals surface area contributed by atoms with Crippen molar-refractivity contribution in [1.82, 2.24) is 9.03 Å².